The van der Waals surface area contributed by atoms with E-state index < -0.39 is 0 Å². The largest absolute Gasteiger partial charge is 0.377 e. The van der Waals surface area contributed by atoms with E-state index in [4.69, 9.17) is 10.6 Å². The summed E-state index contributed by atoms with van der Waals surface area (Å²) in [6.07, 6.45) is 0.211. The average molecular weight is 273 g/mol. The Morgan fingerprint density at radius 2 is 2.07 bits per heavy atom. The van der Waals surface area contributed by atoms with Gasteiger partial charge in [-0.2, -0.15) is 0 Å². The number of hydrogen-bond donors (Lipinski definition) is 2. The quantitative estimate of drug-likeness (QED) is 0.639. The Labute approximate surface area is 99.1 Å². The molecule has 0 fully saturated rings. The van der Waals surface area contributed by atoms with Crippen LogP contribution in [0.25, 0.3) is 0 Å². The van der Waals surface area contributed by atoms with Crippen LogP contribution in [0, 0.1) is 0 Å². The van der Waals surface area contributed by atoms with Crippen molar-refractivity contribution in [3.05, 3.63) is 34.3 Å². The number of rotatable bonds is 5. The lowest BCUT2D eigenvalue weighted by atomic mass is 10.1. The maximum absolute atomic E-state index is 5.54. The fourth-order valence-corrected chi connectivity index (χ4v) is 1.84. The molecule has 0 saturated carbocycles. The van der Waals surface area contributed by atoms with Crippen molar-refractivity contribution in [2.45, 2.75) is 26.0 Å². The van der Waals surface area contributed by atoms with Crippen LogP contribution in [-0.4, -0.2) is 12.7 Å². The number of hydrazine groups is 1. The van der Waals surface area contributed by atoms with Gasteiger partial charge in [-0.05, 0) is 25.5 Å². The summed E-state index contributed by atoms with van der Waals surface area (Å²) in [4.78, 5) is 0. The maximum Gasteiger partial charge on any atom is 0.0704 e. The Kier molecular flexibility index (Phi) is 5.25. The minimum Gasteiger partial charge on any atom is -0.377 e. The standard InChI is InChI=1S/C11H17BrN2O/c1-8(2)15-7-11(14-13)9-5-3-4-6-10(9)12/h3-6,8,11,14H,7,13H2,1-2H3. The minimum atomic E-state index is 0.0166. The molecule has 0 aliphatic heterocycles. The van der Waals surface area contributed by atoms with Gasteiger partial charge in [0, 0.05) is 4.47 Å². The van der Waals surface area contributed by atoms with Crippen LogP contribution in [0.1, 0.15) is 25.5 Å². The van der Waals surface area contributed by atoms with E-state index in [1.165, 1.54) is 0 Å². The topological polar surface area (TPSA) is 47.3 Å². The molecule has 84 valence electrons. The zero-order valence-corrected chi connectivity index (χ0v) is 10.6. The molecule has 0 amide bonds. The molecule has 1 unspecified atom stereocenters. The van der Waals surface area contributed by atoms with Gasteiger partial charge in [0.05, 0.1) is 18.8 Å². The van der Waals surface area contributed by atoms with E-state index in [2.05, 4.69) is 21.4 Å². The zero-order chi connectivity index (χ0) is 11.3. The molecular weight excluding hydrogens is 256 g/mol. The van der Waals surface area contributed by atoms with Crippen LogP contribution >= 0.6 is 15.9 Å². The summed E-state index contributed by atoms with van der Waals surface area (Å²) >= 11 is 3.49. The average Bonchev–Trinajstić information content (AvgIpc) is 2.21. The molecule has 3 nitrogen and oxygen atoms in total. The molecule has 0 saturated heterocycles. The zero-order valence-electron chi connectivity index (χ0n) is 9.03. The van der Waals surface area contributed by atoms with Crippen LogP contribution in [-0.2, 0) is 4.74 Å². The molecule has 0 spiro atoms. The van der Waals surface area contributed by atoms with Gasteiger partial charge >= 0.3 is 0 Å². The van der Waals surface area contributed by atoms with Crippen LogP contribution in [0.2, 0.25) is 0 Å². The molecule has 1 aromatic carbocycles. The molecule has 15 heavy (non-hydrogen) atoms. The lowest BCUT2D eigenvalue weighted by Gasteiger charge is -2.19. The van der Waals surface area contributed by atoms with Crippen molar-refractivity contribution in [1.82, 2.24) is 5.43 Å². The number of hydrogen-bond acceptors (Lipinski definition) is 3. The van der Waals surface area contributed by atoms with Gasteiger partial charge in [-0.1, -0.05) is 34.1 Å². The van der Waals surface area contributed by atoms with Crippen molar-refractivity contribution in [3.63, 3.8) is 0 Å². The number of nitrogens with two attached hydrogens (primary N) is 1. The highest BCUT2D eigenvalue weighted by molar-refractivity contribution is 9.10. The first-order valence-electron chi connectivity index (χ1n) is 4.97. The SMILES string of the molecule is CC(C)OCC(NN)c1ccccc1Br. The normalized spacial score (nSPS) is 13.1. The summed E-state index contributed by atoms with van der Waals surface area (Å²) in [5.74, 6) is 5.51. The maximum atomic E-state index is 5.54. The number of ether oxygens (including phenoxy) is 1. The highest BCUT2D eigenvalue weighted by atomic mass is 79.9. The monoisotopic (exact) mass is 272 g/mol. The molecule has 0 aliphatic rings. The van der Waals surface area contributed by atoms with Crippen LogP contribution in [0.3, 0.4) is 0 Å². The fraction of sp³-hybridized carbons (Fsp3) is 0.455. The third kappa shape index (κ3) is 3.91. The van der Waals surface area contributed by atoms with Gasteiger partial charge < -0.3 is 4.74 Å². The molecule has 0 heterocycles. The molecule has 1 rings (SSSR count). The Hall–Kier alpha value is -0.420. The second-order valence-corrected chi connectivity index (χ2v) is 4.48. The number of halogens is 1. The molecule has 3 N–H and O–H groups in total. The summed E-state index contributed by atoms with van der Waals surface area (Å²) in [5, 5.41) is 0. The summed E-state index contributed by atoms with van der Waals surface area (Å²) in [6.45, 7) is 4.58. The summed E-state index contributed by atoms with van der Waals surface area (Å²) in [7, 11) is 0. The van der Waals surface area contributed by atoms with E-state index in [0.717, 1.165) is 10.0 Å². The van der Waals surface area contributed by atoms with E-state index >= 15 is 0 Å². The lowest BCUT2D eigenvalue weighted by molar-refractivity contribution is 0.0610. The first-order chi connectivity index (χ1) is 7.15. The van der Waals surface area contributed by atoms with E-state index in [9.17, 15) is 0 Å². The Balaban J connectivity index is 2.70. The van der Waals surface area contributed by atoms with Crippen molar-refractivity contribution in [3.8, 4) is 0 Å². The molecule has 0 radical (unpaired) electrons. The van der Waals surface area contributed by atoms with Crippen LogP contribution in [0.15, 0.2) is 28.7 Å². The number of benzene rings is 1. The van der Waals surface area contributed by atoms with Gasteiger partial charge in [0.25, 0.3) is 0 Å². The van der Waals surface area contributed by atoms with Crippen LogP contribution < -0.4 is 11.3 Å². The van der Waals surface area contributed by atoms with Crippen molar-refractivity contribution >= 4 is 15.9 Å². The highest BCUT2D eigenvalue weighted by Gasteiger charge is 2.13. The first-order valence-corrected chi connectivity index (χ1v) is 5.76. The summed E-state index contributed by atoms with van der Waals surface area (Å²) in [6, 6.07) is 8.00. The van der Waals surface area contributed by atoms with Crippen molar-refractivity contribution in [2.75, 3.05) is 6.61 Å². The third-order valence-electron chi connectivity index (χ3n) is 2.08. The molecule has 0 aromatic heterocycles. The Morgan fingerprint density at radius 1 is 1.40 bits per heavy atom. The molecule has 0 bridgehead atoms. The molecule has 1 aromatic rings. The molecule has 0 aliphatic carbocycles. The predicted molar refractivity (Wildman–Crippen MR) is 65.3 cm³/mol. The van der Waals surface area contributed by atoms with Crippen LogP contribution in [0.5, 0.6) is 0 Å². The van der Waals surface area contributed by atoms with Gasteiger partial charge in [0.2, 0.25) is 0 Å². The van der Waals surface area contributed by atoms with Crippen molar-refractivity contribution < 1.29 is 4.74 Å². The number of nitrogens with one attached hydrogen (secondary N) is 1. The van der Waals surface area contributed by atoms with E-state index in [1.54, 1.807) is 0 Å². The predicted octanol–water partition coefficient (Wildman–Crippen LogP) is 2.38. The smallest absolute Gasteiger partial charge is 0.0704 e. The van der Waals surface area contributed by atoms with Crippen LogP contribution in [0.4, 0.5) is 0 Å². The molecular formula is C11H17BrN2O. The molecule has 1 atom stereocenters. The summed E-state index contributed by atoms with van der Waals surface area (Å²) in [5.41, 5.74) is 3.87. The van der Waals surface area contributed by atoms with E-state index in [1.807, 2.05) is 38.1 Å². The van der Waals surface area contributed by atoms with Gasteiger partial charge in [-0.15, -0.1) is 0 Å². The Morgan fingerprint density at radius 3 is 2.60 bits per heavy atom. The second-order valence-electron chi connectivity index (χ2n) is 3.62. The first kappa shape index (κ1) is 12.6. The highest BCUT2D eigenvalue weighted by Crippen LogP contribution is 2.23. The molecule has 4 heteroatoms. The van der Waals surface area contributed by atoms with Crippen molar-refractivity contribution in [2.24, 2.45) is 5.84 Å². The van der Waals surface area contributed by atoms with E-state index in [0.29, 0.717) is 6.61 Å². The summed E-state index contributed by atoms with van der Waals surface area (Å²) < 4.78 is 6.58. The van der Waals surface area contributed by atoms with E-state index in [-0.39, 0.29) is 12.1 Å². The van der Waals surface area contributed by atoms with Gasteiger partial charge in [0.1, 0.15) is 0 Å². The minimum absolute atomic E-state index is 0.0166. The third-order valence-corrected chi connectivity index (χ3v) is 2.80. The van der Waals surface area contributed by atoms with Gasteiger partial charge in [-0.3, -0.25) is 11.3 Å². The van der Waals surface area contributed by atoms with Gasteiger partial charge in [-0.25, -0.2) is 0 Å². The fourth-order valence-electron chi connectivity index (χ4n) is 1.27. The second kappa shape index (κ2) is 6.23. The van der Waals surface area contributed by atoms with Crippen molar-refractivity contribution in [1.29, 1.82) is 0 Å². The lowest BCUT2D eigenvalue weighted by Crippen LogP contribution is -2.32. The Bertz CT molecular complexity index is 304. The van der Waals surface area contributed by atoms with Gasteiger partial charge in [0.15, 0.2) is 0 Å².